The highest BCUT2D eigenvalue weighted by molar-refractivity contribution is 9.10. The summed E-state index contributed by atoms with van der Waals surface area (Å²) in [5.41, 5.74) is 0.789. The van der Waals surface area contributed by atoms with Crippen LogP contribution in [0.2, 0.25) is 0 Å². The summed E-state index contributed by atoms with van der Waals surface area (Å²) in [4.78, 5) is 24.4. The number of ether oxygens (including phenoxy) is 3. The van der Waals surface area contributed by atoms with Crippen LogP contribution in [0.15, 0.2) is 34.1 Å². The Bertz CT molecular complexity index is 742. The fourth-order valence-corrected chi connectivity index (χ4v) is 3.35. The molecule has 7 heteroatoms. The molecule has 126 valence electrons. The maximum absolute atomic E-state index is 11.9. The van der Waals surface area contributed by atoms with Crippen LogP contribution in [0.25, 0.3) is 0 Å². The van der Waals surface area contributed by atoms with Gasteiger partial charge in [0.05, 0.1) is 11.3 Å². The van der Waals surface area contributed by atoms with Crippen molar-refractivity contribution in [2.75, 3.05) is 13.2 Å². The smallest absolute Gasteiger partial charge is 0.306 e. The second kappa shape index (κ2) is 7.81. The first-order valence-electron chi connectivity index (χ1n) is 7.44. The molecule has 0 aliphatic carbocycles. The molecule has 2 aromatic rings. The Morgan fingerprint density at radius 2 is 1.92 bits per heavy atom. The minimum absolute atomic E-state index is 0.0394. The lowest BCUT2D eigenvalue weighted by Gasteiger charge is -2.19. The molecule has 0 N–H and O–H groups in total. The SMILES string of the molecule is O=C(CCC(=O)c1cccs1)OCc1cc2c(cc1Br)OCCO2. The van der Waals surface area contributed by atoms with Gasteiger partial charge in [-0.05, 0) is 23.6 Å². The summed E-state index contributed by atoms with van der Waals surface area (Å²) >= 11 is 4.81. The Morgan fingerprint density at radius 1 is 1.17 bits per heavy atom. The third kappa shape index (κ3) is 4.15. The number of thiophene rings is 1. The van der Waals surface area contributed by atoms with E-state index >= 15 is 0 Å². The van der Waals surface area contributed by atoms with Gasteiger partial charge in [0, 0.05) is 16.5 Å². The molecule has 0 unspecified atom stereocenters. The highest BCUT2D eigenvalue weighted by Gasteiger charge is 2.16. The Balaban J connectivity index is 1.52. The fraction of sp³-hybridized carbons (Fsp3) is 0.294. The van der Waals surface area contributed by atoms with Gasteiger partial charge < -0.3 is 14.2 Å². The number of ketones is 1. The number of carbonyl (C=O) groups excluding carboxylic acids is 2. The van der Waals surface area contributed by atoms with E-state index in [0.29, 0.717) is 29.6 Å². The summed E-state index contributed by atoms with van der Waals surface area (Å²) in [6, 6.07) is 7.17. The van der Waals surface area contributed by atoms with E-state index in [4.69, 9.17) is 14.2 Å². The van der Waals surface area contributed by atoms with E-state index in [1.165, 1.54) is 11.3 Å². The quantitative estimate of drug-likeness (QED) is 0.532. The van der Waals surface area contributed by atoms with Crippen LogP contribution in [0.5, 0.6) is 11.5 Å². The van der Waals surface area contributed by atoms with E-state index in [2.05, 4.69) is 15.9 Å². The zero-order valence-corrected chi connectivity index (χ0v) is 15.2. The molecule has 0 saturated heterocycles. The van der Waals surface area contributed by atoms with E-state index < -0.39 is 5.97 Å². The summed E-state index contributed by atoms with van der Waals surface area (Å²) in [5.74, 6) is 0.872. The number of Topliss-reactive ketones (excluding diaryl/α,β-unsaturated/α-hetero) is 1. The van der Waals surface area contributed by atoms with Gasteiger partial charge in [-0.2, -0.15) is 0 Å². The average molecular weight is 411 g/mol. The molecule has 1 aromatic heterocycles. The van der Waals surface area contributed by atoms with Crippen molar-refractivity contribution in [3.63, 3.8) is 0 Å². The third-order valence-electron chi connectivity index (χ3n) is 3.45. The van der Waals surface area contributed by atoms with E-state index in [-0.39, 0.29) is 25.2 Å². The van der Waals surface area contributed by atoms with Crippen molar-refractivity contribution in [3.05, 3.63) is 44.6 Å². The lowest BCUT2D eigenvalue weighted by molar-refractivity contribution is -0.144. The highest BCUT2D eigenvalue weighted by Crippen LogP contribution is 2.35. The van der Waals surface area contributed by atoms with Crippen molar-refractivity contribution in [2.24, 2.45) is 0 Å². The van der Waals surface area contributed by atoms with E-state index in [1.54, 1.807) is 18.2 Å². The average Bonchev–Trinajstić information content (AvgIpc) is 3.12. The highest BCUT2D eigenvalue weighted by atomic mass is 79.9. The van der Waals surface area contributed by atoms with Crippen molar-refractivity contribution < 1.29 is 23.8 Å². The number of hydrogen-bond acceptors (Lipinski definition) is 6. The monoisotopic (exact) mass is 410 g/mol. The van der Waals surface area contributed by atoms with E-state index in [0.717, 1.165) is 10.0 Å². The van der Waals surface area contributed by atoms with Crippen LogP contribution >= 0.6 is 27.3 Å². The fourth-order valence-electron chi connectivity index (χ4n) is 2.22. The van der Waals surface area contributed by atoms with Gasteiger partial charge in [-0.3, -0.25) is 9.59 Å². The van der Waals surface area contributed by atoms with Crippen molar-refractivity contribution in [2.45, 2.75) is 19.4 Å². The number of fused-ring (bicyclic) bond motifs is 1. The van der Waals surface area contributed by atoms with Gasteiger partial charge in [-0.15, -0.1) is 11.3 Å². The number of halogens is 1. The van der Waals surface area contributed by atoms with Crippen molar-refractivity contribution in [3.8, 4) is 11.5 Å². The van der Waals surface area contributed by atoms with E-state index in [9.17, 15) is 9.59 Å². The standard InChI is InChI=1S/C17H15BrO5S/c18-12-9-15-14(21-5-6-22-15)8-11(12)10-23-17(20)4-3-13(19)16-2-1-7-24-16/h1-2,7-9H,3-6,10H2. The van der Waals surface area contributed by atoms with Crippen LogP contribution in [0.1, 0.15) is 28.1 Å². The number of hydrogen-bond donors (Lipinski definition) is 0. The topological polar surface area (TPSA) is 61.8 Å². The number of carbonyl (C=O) groups is 2. The minimum Gasteiger partial charge on any atom is -0.486 e. The summed E-state index contributed by atoms with van der Waals surface area (Å²) in [5, 5.41) is 1.84. The van der Waals surface area contributed by atoms with Gasteiger partial charge in [0.2, 0.25) is 0 Å². The lowest BCUT2D eigenvalue weighted by atomic mass is 10.2. The second-order valence-electron chi connectivity index (χ2n) is 5.15. The Labute approximate surface area is 151 Å². The van der Waals surface area contributed by atoms with Crippen molar-refractivity contribution >= 4 is 39.0 Å². The van der Waals surface area contributed by atoms with Gasteiger partial charge in [0.1, 0.15) is 19.8 Å². The van der Waals surface area contributed by atoms with Crippen molar-refractivity contribution in [1.29, 1.82) is 0 Å². The van der Waals surface area contributed by atoms with Crippen LogP contribution < -0.4 is 9.47 Å². The van der Waals surface area contributed by atoms with Gasteiger partial charge in [0.25, 0.3) is 0 Å². The first-order valence-corrected chi connectivity index (χ1v) is 9.11. The zero-order valence-electron chi connectivity index (χ0n) is 12.7. The predicted octanol–water partition coefficient (Wildman–Crippen LogP) is 3.99. The molecule has 24 heavy (non-hydrogen) atoms. The lowest BCUT2D eigenvalue weighted by Crippen LogP contribution is -2.16. The van der Waals surface area contributed by atoms with Gasteiger partial charge in [0.15, 0.2) is 17.3 Å². The molecule has 0 radical (unpaired) electrons. The second-order valence-corrected chi connectivity index (χ2v) is 6.95. The molecule has 0 amide bonds. The molecule has 0 bridgehead atoms. The molecule has 5 nitrogen and oxygen atoms in total. The molecule has 1 aromatic carbocycles. The molecular formula is C17H15BrO5S. The molecule has 0 saturated carbocycles. The normalized spacial score (nSPS) is 12.7. The molecule has 1 aliphatic heterocycles. The molecular weight excluding hydrogens is 396 g/mol. The molecule has 0 spiro atoms. The maximum atomic E-state index is 11.9. The summed E-state index contributed by atoms with van der Waals surface area (Å²) in [6.07, 6.45) is 0.223. The van der Waals surface area contributed by atoms with Crippen molar-refractivity contribution in [1.82, 2.24) is 0 Å². The number of benzene rings is 1. The Morgan fingerprint density at radius 3 is 2.62 bits per heavy atom. The predicted molar refractivity (Wildman–Crippen MR) is 92.8 cm³/mol. The third-order valence-corrected chi connectivity index (χ3v) is 5.10. The number of esters is 1. The Hall–Kier alpha value is -1.86. The van der Waals surface area contributed by atoms with Crippen LogP contribution in [0, 0.1) is 0 Å². The van der Waals surface area contributed by atoms with Crippen LogP contribution in [0.3, 0.4) is 0 Å². The van der Waals surface area contributed by atoms with E-state index in [1.807, 2.05) is 11.4 Å². The molecule has 0 fully saturated rings. The summed E-state index contributed by atoms with van der Waals surface area (Å²) in [7, 11) is 0. The molecule has 1 aliphatic rings. The molecule has 3 rings (SSSR count). The minimum atomic E-state index is -0.401. The van der Waals surface area contributed by atoms with Crippen LogP contribution in [-0.2, 0) is 16.1 Å². The first-order chi connectivity index (χ1) is 11.6. The molecule has 0 atom stereocenters. The van der Waals surface area contributed by atoms with Gasteiger partial charge in [-0.25, -0.2) is 0 Å². The summed E-state index contributed by atoms with van der Waals surface area (Å²) in [6.45, 7) is 1.13. The Kier molecular flexibility index (Phi) is 5.52. The zero-order chi connectivity index (χ0) is 16.9. The summed E-state index contributed by atoms with van der Waals surface area (Å²) < 4.78 is 17.0. The maximum Gasteiger partial charge on any atom is 0.306 e. The van der Waals surface area contributed by atoms with Crippen LogP contribution in [-0.4, -0.2) is 25.0 Å². The van der Waals surface area contributed by atoms with Gasteiger partial charge >= 0.3 is 5.97 Å². The number of rotatable bonds is 6. The van der Waals surface area contributed by atoms with Crippen LogP contribution in [0.4, 0.5) is 0 Å². The first kappa shape index (κ1) is 17.0. The van der Waals surface area contributed by atoms with Gasteiger partial charge in [-0.1, -0.05) is 22.0 Å². The molecule has 2 heterocycles. The largest absolute Gasteiger partial charge is 0.486 e.